The van der Waals surface area contributed by atoms with Gasteiger partial charge >= 0.3 is 12.1 Å². The lowest BCUT2D eigenvalue weighted by atomic mass is 9.88. The third kappa shape index (κ3) is 8.34. The minimum atomic E-state index is -1.14. The molecule has 3 atom stereocenters. The fourth-order valence-corrected chi connectivity index (χ4v) is 5.73. The third-order valence-electron chi connectivity index (χ3n) is 7.82. The number of amides is 3. The Morgan fingerprint density at radius 3 is 2.33 bits per heavy atom. The molecule has 1 heterocycles. The van der Waals surface area contributed by atoms with E-state index in [9.17, 15) is 19.2 Å². The molecule has 228 valence electrons. The number of carboxylic acid groups (broad SMARTS) is 1. The maximum Gasteiger partial charge on any atom is 0.410 e. The molecule has 9 nitrogen and oxygen atoms in total. The van der Waals surface area contributed by atoms with Crippen LogP contribution in [0.4, 0.5) is 4.79 Å². The summed E-state index contributed by atoms with van der Waals surface area (Å²) < 4.78 is 5.91. The van der Waals surface area contributed by atoms with Gasteiger partial charge in [0.2, 0.25) is 11.8 Å². The summed E-state index contributed by atoms with van der Waals surface area (Å²) in [5, 5.41) is 13.2. The van der Waals surface area contributed by atoms with Crippen molar-refractivity contribution in [3.8, 4) is 0 Å². The monoisotopic (exact) mass is 587 g/mol. The second-order valence-corrected chi connectivity index (χ2v) is 12.1. The summed E-state index contributed by atoms with van der Waals surface area (Å²) in [6, 6.07) is 23.8. The number of fused-ring (bicyclic) bond motifs is 1. The maximum atomic E-state index is 13.8. The van der Waals surface area contributed by atoms with Crippen molar-refractivity contribution >= 4 is 34.6 Å². The van der Waals surface area contributed by atoms with Crippen LogP contribution in [0.2, 0.25) is 0 Å². The van der Waals surface area contributed by atoms with Gasteiger partial charge in [0.15, 0.2) is 0 Å². The van der Waals surface area contributed by atoms with E-state index in [4.69, 9.17) is 9.84 Å². The average molecular weight is 588 g/mol. The lowest BCUT2D eigenvalue weighted by molar-refractivity contribution is -0.138. The lowest BCUT2D eigenvalue weighted by Gasteiger charge is -2.35. The summed E-state index contributed by atoms with van der Waals surface area (Å²) in [6.45, 7) is 8.30. The number of aliphatic carboxylic acids is 1. The molecule has 0 spiro atoms. The molecule has 1 fully saturated rings. The van der Waals surface area contributed by atoms with E-state index in [1.165, 1.54) is 0 Å². The molecule has 2 N–H and O–H groups in total. The zero-order chi connectivity index (χ0) is 31.1. The van der Waals surface area contributed by atoms with Gasteiger partial charge in [-0.15, -0.1) is 0 Å². The molecule has 1 aliphatic heterocycles. The van der Waals surface area contributed by atoms with E-state index in [-0.39, 0.29) is 36.6 Å². The fraction of sp³-hybridized carbons (Fsp3) is 0.412. The van der Waals surface area contributed by atoms with Gasteiger partial charge in [-0.1, -0.05) is 72.8 Å². The number of benzene rings is 3. The Morgan fingerprint density at radius 2 is 1.63 bits per heavy atom. The van der Waals surface area contributed by atoms with Crippen LogP contribution in [-0.4, -0.2) is 70.6 Å². The standard InChI is InChI=1S/C34H41N3O6/c1-23(27-16-10-14-24-13-8-9-15-28(24)27)37(33(42)43-34(2,3)4)21-26-20-36(22-29(26)25-11-6-5-7-12-25)31(39)18-17-30(38)35-19-32(40)41/h5-16,23,26,29H,17-22H2,1-4H3,(H,35,38)(H,40,41)/t23-,26-,29-/m1/s1. The van der Waals surface area contributed by atoms with E-state index >= 15 is 0 Å². The fourth-order valence-electron chi connectivity index (χ4n) is 5.73. The number of carbonyl (C=O) groups excluding carboxylic acids is 3. The molecule has 0 unspecified atom stereocenters. The number of nitrogens with zero attached hydrogens (tertiary/aromatic N) is 2. The number of carboxylic acids is 1. The van der Waals surface area contributed by atoms with Crippen molar-refractivity contribution in [2.24, 2.45) is 5.92 Å². The zero-order valence-electron chi connectivity index (χ0n) is 25.3. The van der Waals surface area contributed by atoms with Crippen molar-refractivity contribution < 1.29 is 29.0 Å². The van der Waals surface area contributed by atoms with Gasteiger partial charge in [-0.2, -0.15) is 0 Å². The first-order valence-corrected chi connectivity index (χ1v) is 14.7. The number of likely N-dealkylation sites (tertiary alicyclic amines) is 1. The van der Waals surface area contributed by atoms with E-state index in [1.54, 1.807) is 9.80 Å². The molecule has 0 radical (unpaired) electrons. The molecule has 1 saturated heterocycles. The summed E-state index contributed by atoms with van der Waals surface area (Å²) in [6.07, 6.45) is -0.535. The van der Waals surface area contributed by atoms with E-state index in [0.29, 0.717) is 19.6 Å². The van der Waals surface area contributed by atoms with Crippen LogP contribution in [0, 0.1) is 5.92 Å². The summed E-state index contributed by atoms with van der Waals surface area (Å²) in [5.41, 5.74) is 1.40. The van der Waals surface area contributed by atoms with Gasteiger partial charge in [0.05, 0.1) is 6.04 Å². The first kappa shape index (κ1) is 31.5. The van der Waals surface area contributed by atoms with E-state index in [0.717, 1.165) is 21.9 Å². The highest BCUT2D eigenvalue weighted by molar-refractivity contribution is 5.87. The lowest BCUT2D eigenvalue weighted by Crippen LogP contribution is -2.42. The number of hydrogen-bond acceptors (Lipinski definition) is 5. The van der Waals surface area contributed by atoms with Crippen LogP contribution >= 0.6 is 0 Å². The first-order valence-electron chi connectivity index (χ1n) is 14.7. The minimum Gasteiger partial charge on any atom is -0.480 e. The van der Waals surface area contributed by atoms with Crippen LogP contribution in [0.3, 0.4) is 0 Å². The van der Waals surface area contributed by atoms with Crippen LogP contribution in [0.1, 0.15) is 63.6 Å². The van der Waals surface area contributed by atoms with Gasteiger partial charge < -0.3 is 25.0 Å². The highest BCUT2D eigenvalue weighted by Gasteiger charge is 2.39. The normalized spacial score (nSPS) is 17.3. The van der Waals surface area contributed by atoms with E-state index < -0.39 is 30.1 Å². The van der Waals surface area contributed by atoms with Crippen molar-refractivity contribution in [1.82, 2.24) is 15.1 Å². The van der Waals surface area contributed by atoms with Gasteiger partial charge in [-0.05, 0) is 49.6 Å². The number of rotatable bonds is 10. The van der Waals surface area contributed by atoms with E-state index in [1.807, 2.05) is 82.3 Å². The molecule has 4 rings (SSSR count). The zero-order valence-corrected chi connectivity index (χ0v) is 25.3. The molecule has 1 aliphatic rings. The SMILES string of the molecule is C[C@H](c1cccc2ccccc12)N(C[C@H]1CN(C(=O)CCC(=O)NCC(=O)O)C[C@@H]1c1ccccc1)C(=O)OC(C)(C)C. The quantitative estimate of drug-likeness (QED) is 0.330. The molecule has 3 aromatic carbocycles. The Balaban J connectivity index is 1.60. The van der Waals surface area contributed by atoms with Crippen molar-refractivity contribution in [3.05, 3.63) is 83.9 Å². The first-order chi connectivity index (χ1) is 20.4. The highest BCUT2D eigenvalue weighted by atomic mass is 16.6. The van der Waals surface area contributed by atoms with Crippen LogP contribution in [0.5, 0.6) is 0 Å². The van der Waals surface area contributed by atoms with Crippen LogP contribution in [0.15, 0.2) is 72.8 Å². The van der Waals surface area contributed by atoms with Crippen molar-refractivity contribution in [2.75, 3.05) is 26.2 Å². The van der Waals surface area contributed by atoms with Crippen molar-refractivity contribution in [1.29, 1.82) is 0 Å². The van der Waals surface area contributed by atoms with Crippen molar-refractivity contribution in [3.63, 3.8) is 0 Å². The molecule has 0 saturated carbocycles. The Labute approximate surface area is 252 Å². The van der Waals surface area contributed by atoms with Crippen LogP contribution in [-0.2, 0) is 19.1 Å². The Kier molecular flexibility index (Phi) is 10.1. The summed E-state index contributed by atoms with van der Waals surface area (Å²) in [4.78, 5) is 53.4. The largest absolute Gasteiger partial charge is 0.480 e. The number of carbonyl (C=O) groups is 4. The molecule has 3 aromatic rings. The Morgan fingerprint density at radius 1 is 0.953 bits per heavy atom. The van der Waals surface area contributed by atoms with Gasteiger partial charge in [0.25, 0.3) is 0 Å². The maximum absolute atomic E-state index is 13.8. The summed E-state index contributed by atoms with van der Waals surface area (Å²) in [5.74, 6) is -1.92. The third-order valence-corrected chi connectivity index (χ3v) is 7.82. The molecule has 0 aliphatic carbocycles. The smallest absolute Gasteiger partial charge is 0.410 e. The molecular weight excluding hydrogens is 546 g/mol. The van der Waals surface area contributed by atoms with Gasteiger partial charge in [0.1, 0.15) is 12.1 Å². The van der Waals surface area contributed by atoms with Gasteiger partial charge in [-0.3, -0.25) is 14.4 Å². The number of nitrogens with one attached hydrogen (secondary N) is 1. The molecular formula is C34H41N3O6. The second-order valence-electron chi connectivity index (χ2n) is 12.1. The predicted molar refractivity (Wildman–Crippen MR) is 164 cm³/mol. The minimum absolute atomic E-state index is 0.0259. The van der Waals surface area contributed by atoms with Gasteiger partial charge in [0, 0.05) is 44.3 Å². The Hall–Kier alpha value is -4.40. The molecule has 0 aromatic heterocycles. The molecule has 9 heteroatoms. The summed E-state index contributed by atoms with van der Waals surface area (Å²) >= 11 is 0. The number of ether oxygens (including phenoxy) is 1. The second kappa shape index (κ2) is 13.7. The number of hydrogen-bond donors (Lipinski definition) is 2. The van der Waals surface area contributed by atoms with Crippen LogP contribution in [0.25, 0.3) is 10.8 Å². The van der Waals surface area contributed by atoms with Crippen LogP contribution < -0.4 is 5.32 Å². The van der Waals surface area contributed by atoms with Gasteiger partial charge in [-0.25, -0.2) is 4.79 Å². The molecule has 0 bridgehead atoms. The average Bonchev–Trinajstić information content (AvgIpc) is 3.40. The topological polar surface area (TPSA) is 116 Å². The highest BCUT2D eigenvalue weighted by Crippen LogP contribution is 2.37. The Bertz CT molecular complexity index is 1450. The van der Waals surface area contributed by atoms with E-state index in [2.05, 4.69) is 23.5 Å². The molecule has 3 amide bonds. The predicted octanol–water partition coefficient (Wildman–Crippen LogP) is 5.36. The summed E-state index contributed by atoms with van der Waals surface area (Å²) in [7, 11) is 0. The van der Waals surface area contributed by atoms with Crippen molar-refractivity contribution in [2.45, 2.75) is 58.1 Å². The molecule has 43 heavy (non-hydrogen) atoms.